The number of hydrogen-bond donors (Lipinski definition) is 1. The number of hydrogen-bond acceptors (Lipinski definition) is 7. The Morgan fingerprint density at radius 2 is 2.06 bits per heavy atom. The van der Waals surface area contributed by atoms with Gasteiger partial charge in [0.05, 0.1) is 31.7 Å². The maximum atomic E-state index is 12.5. The van der Waals surface area contributed by atoms with Crippen LogP contribution in [0.3, 0.4) is 0 Å². The van der Waals surface area contributed by atoms with Crippen molar-refractivity contribution in [1.29, 1.82) is 0 Å². The summed E-state index contributed by atoms with van der Waals surface area (Å²) in [5.74, 6) is 2.45. The zero-order chi connectivity index (χ0) is 21.6. The Kier molecular flexibility index (Phi) is 6.73. The van der Waals surface area contributed by atoms with Crippen LogP contribution in [0.1, 0.15) is 23.6 Å². The maximum absolute atomic E-state index is 12.5. The van der Waals surface area contributed by atoms with Crippen molar-refractivity contribution in [3.63, 3.8) is 0 Å². The summed E-state index contributed by atoms with van der Waals surface area (Å²) in [4.78, 5) is 13.6. The molecule has 1 atom stereocenters. The van der Waals surface area contributed by atoms with Gasteiger partial charge in [-0.1, -0.05) is 17.8 Å². The van der Waals surface area contributed by atoms with Crippen molar-refractivity contribution in [2.45, 2.75) is 24.7 Å². The third-order valence-electron chi connectivity index (χ3n) is 4.64. The standard InChI is InChI=1S/C22H22N4O3S2/c1-15(19-6-4-12-30-19)23-20(27)14-31-22-25-24-21(16-7-9-17(28-2)10-8-16)26(22)13-18-5-3-11-29-18/h3-12,15H,13-14H2,1-2H3,(H,23,27). The van der Waals surface area contributed by atoms with Crippen LogP contribution in [0.2, 0.25) is 0 Å². The molecular formula is C22H22N4O3S2. The number of methoxy groups -OCH3 is 1. The largest absolute Gasteiger partial charge is 0.497 e. The normalized spacial score (nSPS) is 11.9. The number of aromatic nitrogens is 3. The summed E-state index contributed by atoms with van der Waals surface area (Å²) in [5.41, 5.74) is 0.905. The molecule has 1 N–H and O–H groups in total. The second-order valence-electron chi connectivity index (χ2n) is 6.79. The first-order valence-corrected chi connectivity index (χ1v) is 11.6. The van der Waals surface area contributed by atoms with Crippen LogP contribution in [0.5, 0.6) is 5.75 Å². The molecule has 4 aromatic rings. The number of carbonyl (C=O) groups is 1. The van der Waals surface area contributed by atoms with Crippen molar-refractivity contribution in [1.82, 2.24) is 20.1 Å². The molecule has 0 spiro atoms. The Morgan fingerprint density at radius 1 is 1.23 bits per heavy atom. The molecule has 0 radical (unpaired) electrons. The van der Waals surface area contributed by atoms with E-state index in [0.29, 0.717) is 17.5 Å². The zero-order valence-electron chi connectivity index (χ0n) is 17.1. The third kappa shape index (κ3) is 5.18. The number of thiophene rings is 1. The van der Waals surface area contributed by atoms with Crippen molar-refractivity contribution in [2.24, 2.45) is 0 Å². The number of nitrogens with zero attached hydrogens (tertiary/aromatic N) is 3. The number of amides is 1. The molecule has 4 rings (SSSR count). The Hall–Kier alpha value is -3.04. The predicted molar refractivity (Wildman–Crippen MR) is 121 cm³/mol. The van der Waals surface area contributed by atoms with E-state index in [9.17, 15) is 4.79 Å². The van der Waals surface area contributed by atoms with Crippen LogP contribution in [-0.2, 0) is 11.3 Å². The van der Waals surface area contributed by atoms with Gasteiger partial charge in [-0.15, -0.1) is 21.5 Å². The lowest BCUT2D eigenvalue weighted by molar-refractivity contribution is -0.119. The van der Waals surface area contributed by atoms with E-state index in [4.69, 9.17) is 9.15 Å². The van der Waals surface area contributed by atoms with Gasteiger partial charge in [0.15, 0.2) is 11.0 Å². The van der Waals surface area contributed by atoms with Crippen LogP contribution in [0.4, 0.5) is 0 Å². The SMILES string of the molecule is COc1ccc(-c2nnc(SCC(=O)NC(C)c3cccs3)n2Cc2ccco2)cc1. The molecular weight excluding hydrogens is 432 g/mol. The molecule has 1 aromatic carbocycles. The van der Waals surface area contributed by atoms with Crippen molar-refractivity contribution in [3.8, 4) is 17.1 Å². The molecule has 7 nitrogen and oxygen atoms in total. The van der Waals surface area contributed by atoms with Gasteiger partial charge in [-0.3, -0.25) is 9.36 Å². The van der Waals surface area contributed by atoms with Crippen molar-refractivity contribution in [2.75, 3.05) is 12.9 Å². The van der Waals surface area contributed by atoms with Gasteiger partial charge >= 0.3 is 0 Å². The average molecular weight is 455 g/mol. The minimum atomic E-state index is -0.0514. The van der Waals surface area contributed by atoms with Crippen LogP contribution < -0.4 is 10.1 Å². The van der Waals surface area contributed by atoms with E-state index >= 15 is 0 Å². The molecule has 1 amide bonds. The van der Waals surface area contributed by atoms with E-state index < -0.39 is 0 Å². The second kappa shape index (κ2) is 9.84. The number of nitrogens with one attached hydrogen (secondary N) is 1. The zero-order valence-corrected chi connectivity index (χ0v) is 18.8. The fourth-order valence-corrected chi connectivity index (χ4v) is 4.56. The molecule has 0 saturated heterocycles. The predicted octanol–water partition coefficient (Wildman–Crippen LogP) is 4.63. The molecule has 3 aromatic heterocycles. The van der Waals surface area contributed by atoms with Crippen LogP contribution in [0, 0.1) is 0 Å². The Labute approximate surface area is 188 Å². The first-order valence-electron chi connectivity index (χ1n) is 9.69. The summed E-state index contributed by atoms with van der Waals surface area (Å²) in [7, 11) is 1.63. The highest BCUT2D eigenvalue weighted by atomic mass is 32.2. The topological polar surface area (TPSA) is 82.2 Å². The molecule has 1 unspecified atom stereocenters. The van der Waals surface area contributed by atoms with Gasteiger partial charge in [-0.25, -0.2) is 0 Å². The van der Waals surface area contributed by atoms with E-state index in [-0.39, 0.29) is 17.7 Å². The number of rotatable bonds is 9. The van der Waals surface area contributed by atoms with Crippen LogP contribution in [0.25, 0.3) is 11.4 Å². The van der Waals surface area contributed by atoms with Gasteiger partial charge in [0.2, 0.25) is 5.91 Å². The molecule has 3 heterocycles. The first kappa shape index (κ1) is 21.2. The molecule has 0 saturated carbocycles. The number of carbonyl (C=O) groups excluding carboxylic acids is 1. The van der Waals surface area contributed by atoms with Gasteiger partial charge in [0, 0.05) is 10.4 Å². The maximum Gasteiger partial charge on any atom is 0.230 e. The molecule has 31 heavy (non-hydrogen) atoms. The molecule has 0 aliphatic rings. The van der Waals surface area contributed by atoms with Gasteiger partial charge in [0.1, 0.15) is 11.5 Å². The van der Waals surface area contributed by atoms with E-state index in [0.717, 1.165) is 22.0 Å². The molecule has 9 heteroatoms. The number of ether oxygens (including phenoxy) is 1. The van der Waals surface area contributed by atoms with E-state index in [2.05, 4.69) is 15.5 Å². The molecule has 0 fully saturated rings. The smallest absolute Gasteiger partial charge is 0.230 e. The number of furan rings is 1. The number of thioether (sulfide) groups is 1. The number of benzene rings is 1. The Bertz CT molecular complexity index is 1110. The van der Waals surface area contributed by atoms with Crippen LogP contribution in [0.15, 0.2) is 69.7 Å². The minimum Gasteiger partial charge on any atom is -0.497 e. The Balaban J connectivity index is 1.51. The second-order valence-corrected chi connectivity index (χ2v) is 8.72. The molecule has 0 bridgehead atoms. The Morgan fingerprint density at radius 3 is 2.74 bits per heavy atom. The summed E-state index contributed by atoms with van der Waals surface area (Å²) in [6, 6.07) is 15.4. The summed E-state index contributed by atoms with van der Waals surface area (Å²) in [6.45, 7) is 2.45. The molecule has 0 aliphatic carbocycles. The van der Waals surface area contributed by atoms with Crippen molar-refractivity contribution < 1.29 is 13.9 Å². The highest BCUT2D eigenvalue weighted by Gasteiger charge is 2.18. The highest BCUT2D eigenvalue weighted by molar-refractivity contribution is 7.99. The first-order chi connectivity index (χ1) is 15.1. The van der Waals surface area contributed by atoms with Gasteiger partial charge < -0.3 is 14.5 Å². The molecule has 160 valence electrons. The van der Waals surface area contributed by atoms with Crippen molar-refractivity contribution in [3.05, 3.63) is 70.8 Å². The van der Waals surface area contributed by atoms with Crippen LogP contribution >= 0.6 is 23.1 Å². The fraction of sp³-hybridized carbons (Fsp3) is 0.227. The van der Waals surface area contributed by atoms with E-state index in [1.807, 2.05) is 65.4 Å². The monoisotopic (exact) mass is 454 g/mol. The van der Waals surface area contributed by atoms with Gasteiger partial charge in [-0.2, -0.15) is 0 Å². The average Bonchev–Trinajstić information content (AvgIpc) is 3.55. The summed E-state index contributed by atoms with van der Waals surface area (Å²) in [6.07, 6.45) is 1.64. The van der Waals surface area contributed by atoms with Crippen molar-refractivity contribution >= 4 is 29.0 Å². The quantitative estimate of drug-likeness (QED) is 0.372. The fourth-order valence-electron chi connectivity index (χ4n) is 3.07. The van der Waals surface area contributed by atoms with Crippen LogP contribution in [-0.4, -0.2) is 33.5 Å². The lowest BCUT2D eigenvalue weighted by atomic mass is 10.2. The minimum absolute atomic E-state index is 0.0241. The van der Waals surface area contributed by atoms with Gasteiger partial charge in [-0.05, 0) is 54.8 Å². The van der Waals surface area contributed by atoms with E-state index in [1.165, 1.54) is 11.8 Å². The highest BCUT2D eigenvalue weighted by Crippen LogP contribution is 2.27. The summed E-state index contributed by atoms with van der Waals surface area (Å²) >= 11 is 2.98. The lowest BCUT2D eigenvalue weighted by Crippen LogP contribution is -2.27. The van der Waals surface area contributed by atoms with Gasteiger partial charge in [0.25, 0.3) is 0 Å². The third-order valence-corrected chi connectivity index (χ3v) is 6.66. The summed E-state index contributed by atoms with van der Waals surface area (Å²) < 4.78 is 12.7. The molecule has 0 aliphatic heterocycles. The lowest BCUT2D eigenvalue weighted by Gasteiger charge is -2.12. The summed E-state index contributed by atoms with van der Waals surface area (Å²) in [5, 5.41) is 14.4. The van der Waals surface area contributed by atoms with E-state index in [1.54, 1.807) is 24.7 Å².